The molecule has 4 nitrogen and oxygen atoms in total. The Labute approximate surface area is 172 Å². The predicted molar refractivity (Wildman–Crippen MR) is 116 cm³/mol. The Hall–Kier alpha value is -2.88. The third-order valence-corrected chi connectivity index (χ3v) is 5.95. The van der Waals surface area contributed by atoms with Crippen molar-refractivity contribution in [2.24, 2.45) is 5.16 Å². The van der Waals surface area contributed by atoms with E-state index in [-0.39, 0.29) is 11.4 Å². The van der Waals surface area contributed by atoms with Crippen LogP contribution in [0.1, 0.15) is 60.5 Å². The van der Waals surface area contributed by atoms with Crippen LogP contribution in [0.15, 0.2) is 72.0 Å². The molecular formula is C25H28N2O2. The first-order valence-corrected chi connectivity index (χ1v) is 10.4. The van der Waals surface area contributed by atoms with Crippen molar-refractivity contribution < 1.29 is 9.63 Å². The van der Waals surface area contributed by atoms with Crippen LogP contribution in [0.4, 0.5) is 0 Å². The molecule has 2 aromatic carbocycles. The van der Waals surface area contributed by atoms with E-state index in [0.717, 1.165) is 49.2 Å². The Bertz CT molecular complexity index is 906. The van der Waals surface area contributed by atoms with Crippen LogP contribution in [0.5, 0.6) is 0 Å². The Kier molecular flexibility index (Phi) is 5.52. The van der Waals surface area contributed by atoms with Gasteiger partial charge in [0.1, 0.15) is 5.60 Å². The topological polar surface area (TPSA) is 41.9 Å². The van der Waals surface area contributed by atoms with E-state index >= 15 is 0 Å². The molecule has 0 aromatic heterocycles. The number of benzene rings is 2. The first-order chi connectivity index (χ1) is 14.0. The number of hydrogen-bond acceptors (Lipinski definition) is 4. The van der Waals surface area contributed by atoms with Crippen LogP contribution < -0.4 is 0 Å². The lowest BCUT2D eigenvalue weighted by atomic mass is 9.85. The van der Waals surface area contributed by atoms with Crippen LogP contribution in [0.2, 0.25) is 0 Å². The molecule has 0 aliphatic carbocycles. The lowest BCUT2D eigenvalue weighted by Gasteiger charge is -2.36. The van der Waals surface area contributed by atoms with Gasteiger partial charge in [-0.05, 0) is 17.0 Å². The molecule has 2 aromatic rings. The minimum Gasteiger partial charge on any atom is -0.388 e. The summed E-state index contributed by atoms with van der Waals surface area (Å²) in [5.41, 5.74) is 3.97. The summed E-state index contributed by atoms with van der Waals surface area (Å²) < 4.78 is 0. The van der Waals surface area contributed by atoms with Crippen LogP contribution >= 0.6 is 0 Å². The first-order valence-electron chi connectivity index (χ1n) is 10.4. The molecule has 150 valence electrons. The van der Waals surface area contributed by atoms with E-state index in [1.165, 1.54) is 5.56 Å². The molecule has 1 saturated heterocycles. The molecule has 4 rings (SSSR count). The molecule has 0 N–H and O–H groups in total. The summed E-state index contributed by atoms with van der Waals surface area (Å²) in [5.74, 6) is 0.520. The predicted octanol–water partition coefficient (Wildman–Crippen LogP) is 5.17. The second kappa shape index (κ2) is 8.24. The quantitative estimate of drug-likeness (QED) is 0.524. The van der Waals surface area contributed by atoms with Crippen LogP contribution in [0.25, 0.3) is 0 Å². The molecule has 0 bridgehead atoms. The highest BCUT2D eigenvalue weighted by Crippen LogP contribution is 2.36. The summed E-state index contributed by atoms with van der Waals surface area (Å²) in [6.07, 6.45) is 6.29. The first kappa shape index (κ1) is 19.4. The summed E-state index contributed by atoms with van der Waals surface area (Å²) in [4.78, 5) is 20.6. The second-order valence-electron chi connectivity index (χ2n) is 8.35. The van der Waals surface area contributed by atoms with Crippen molar-refractivity contribution in [1.82, 2.24) is 4.90 Å². The maximum atomic E-state index is 12.5. The van der Waals surface area contributed by atoms with Gasteiger partial charge in [0, 0.05) is 50.2 Å². The Balaban J connectivity index is 1.30. The number of piperidine rings is 1. The maximum Gasteiger partial charge on any atom is 0.187 e. The van der Waals surface area contributed by atoms with Crippen LogP contribution in [-0.4, -0.2) is 35.1 Å². The molecule has 2 aliphatic rings. The Morgan fingerprint density at radius 3 is 2.41 bits per heavy atom. The highest BCUT2D eigenvalue weighted by molar-refractivity contribution is 6.04. The fourth-order valence-electron chi connectivity index (χ4n) is 3.96. The monoisotopic (exact) mass is 388 g/mol. The largest absolute Gasteiger partial charge is 0.388 e. The van der Waals surface area contributed by atoms with Crippen molar-refractivity contribution in [3.63, 3.8) is 0 Å². The lowest BCUT2D eigenvalue weighted by Crippen LogP contribution is -2.42. The van der Waals surface area contributed by atoms with Gasteiger partial charge in [0.05, 0.1) is 5.71 Å². The molecule has 0 amide bonds. The smallest absolute Gasteiger partial charge is 0.187 e. The normalized spacial score (nSPS) is 18.3. The molecule has 29 heavy (non-hydrogen) atoms. The minimum absolute atomic E-state index is 0.0485. The summed E-state index contributed by atoms with van der Waals surface area (Å²) in [6, 6.07) is 18.2. The summed E-state index contributed by atoms with van der Waals surface area (Å²) in [7, 11) is 0. The number of likely N-dealkylation sites (tertiary alicyclic amines) is 1. The van der Waals surface area contributed by atoms with Gasteiger partial charge in [-0.25, -0.2) is 0 Å². The fourth-order valence-corrected chi connectivity index (χ4v) is 3.96. The molecule has 2 heterocycles. The van der Waals surface area contributed by atoms with E-state index in [1.54, 1.807) is 6.08 Å². The number of nitrogens with zero attached hydrogens (tertiary/aromatic N) is 2. The van der Waals surface area contributed by atoms with Gasteiger partial charge in [0.25, 0.3) is 0 Å². The standard InChI is InChI=1S/C25H28N2O2/c1-19(2)20-8-10-22(11-9-20)24(28)12-15-27-16-13-25(14-17-27)18-23(26-29-25)21-6-4-3-5-7-21/h3-12,15,19H,13-14,16-18H2,1-2H3. The number of rotatable bonds is 5. The highest BCUT2D eigenvalue weighted by Gasteiger charge is 2.41. The highest BCUT2D eigenvalue weighted by atomic mass is 16.7. The third-order valence-electron chi connectivity index (χ3n) is 5.95. The maximum absolute atomic E-state index is 12.5. The molecule has 1 fully saturated rings. The molecule has 2 aliphatic heterocycles. The van der Waals surface area contributed by atoms with Crippen LogP contribution in [-0.2, 0) is 4.84 Å². The summed E-state index contributed by atoms with van der Waals surface area (Å²) in [6.45, 7) is 6.05. The van der Waals surface area contributed by atoms with Crippen LogP contribution in [0, 0.1) is 0 Å². The number of carbonyl (C=O) groups excluding carboxylic acids is 1. The molecule has 0 saturated carbocycles. The molecule has 0 atom stereocenters. The average Bonchev–Trinajstić information content (AvgIpc) is 3.17. The molecule has 1 spiro atoms. The number of hydrogen-bond donors (Lipinski definition) is 0. The molecule has 4 heteroatoms. The SMILES string of the molecule is CC(C)c1ccc(C(=O)C=CN2CCC3(CC2)CC(c2ccccc2)=NO3)cc1. The summed E-state index contributed by atoms with van der Waals surface area (Å²) >= 11 is 0. The van der Waals surface area contributed by atoms with E-state index < -0.39 is 0 Å². The van der Waals surface area contributed by atoms with E-state index in [2.05, 4.69) is 36.0 Å². The zero-order valence-corrected chi connectivity index (χ0v) is 17.2. The fraction of sp³-hybridized carbons (Fsp3) is 0.360. The van der Waals surface area contributed by atoms with Crippen molar-refractivity contribution in [2.45, 2.75) is 44.6 Å². The molecule has 0 unspecified atom stereocenters. The van der Waals surface area contributed by atoms with Gasteiger partial charge in [0.2, 0.25) is 0 Å². The van der Waals surface area contributed by atoms with E-state index in [0.29, 0.717) is 5.92 Å². The van der Waals surface area contributed by atoms with E-state index in [9.17, 15) is 4.79 Å². The Morgan fingerprint density at radius 1 is 1.07 bits per heavy atom. The molecule has 0 radical (unpaired) electrons. The van der Waals surface area contributed by atoms with E-state index in [4.69, 9.17) is 4.84 Å². The lowest BCUT2D eigenvalue weighted by molar-refractivity contribution is -0.0550. The van der Waals surface area contributed by atoms with Crippen molar-refractivity contribution in [3.05, 3.63) is 83.6 Å². The third kappa shape index (κ3) is 4.42. The number of allylic oxidation sites excluding steroid dienone is 1. The molecular weight excluding hydrogens is 360 g/mol. The van der Waals surface area contributed by atoms with E-state index in [1.807, 2.05) is 48.7 Å². The van der Waals surface area contributed by atoms with Gasteiger partial charge in [-0.2, -0.15) is 0 Å². The van der Waals surface area contributed by atoms with Gasteiger partial charge < -0.3 is 9.74 Å². The van der Waals surface area contributed by atoms with Gasteiger partial charge >= 0.3 is 0 Å². The van der Waals surface area contributed by atoms with Crippen molar-refractivity contribution in [2.75, 3.05) is 13.1 Å². The second-order valence-corrected chi connectivity index (χ2v) is 8.35. The van der Waals surface area contributed by atoms with Crippen molar-refractivity contribution in [3.8, 4) is 0 Å². The average molecular weight is 389 g/mol. The van der Waals surface area contributed by atoms with Crippen molar-refractivity contribution in [1.29, 1.82) is 0 Å². The van der Waals surface area contributed by atoms with Crippen LogP contribution in [0.3, 0.4) is 0 Å². The number of ketones is 1. The van der Waals surface area contributed by atoms with Gasteiger partial charge in [-0.1, -0.05) is 73.6 Å². The van der Waals surface area contributed by atoms with Gasteiger partial charge in [-0.15, -0.1) is 0 Å². The summed E-state index contributed by atoms with van der Waals surface area (Å²) in [5, 5.41) is 4.37. The van der Waals surface area contributed by atoms with Crippen molar-refractivity contribution >= 4 is 11.5 Å². The minimum atomic E-state index is -0.188. The number of carbonyl (C=O) groups is 1. The number of oxime groups is 1. The Morgan fingerprint density at radius 2 is 1.76 bits per heavy atom. The zero-order chi connectivity index (χ0) is 20.3. The van der Waals surface area contributed by atoms with Gasteiger partial charge in [-0.3, -0.25) is 4.79 Å². The van der Waals surface area contributed by atoms with Gasteiger partial charge in [0.15, 0.2) is 5.78 Å². The zero-order valence-electron chi connectivity index (χ0n) is 17.2.